The first-order valence-corrected chi connectivity index (χ1v) is 9.39. The number of nitrogens with two attached hydrogens (primary N) is 1. The molecule has 0 bridgehead atoms. The third-order valence-electron chi connectivity index (χ3n) is 3.73. The van der Waals surface area contributed by atoms with Crippen LogP contribution in [0.25, 0.3) is 0 Å². The van der Waals surface area contributed by atoms with Crippen molar-refractivity contribution in [1.29, 1.82) is 0 Å². The lowest BCUT2D eigenvalue weighted by molar-refractivity contribution is 0.183. The Bertz CT molecular complexity index is 774. The molecule has 2 aromatic rings. The lowest BCUT2D eigenvalue weighted by Gasteiger charge is -2.33. The molecule has 2 N–H and O–H groups in total. The fourth-order valence-electron chi connectivity index (χ4n) is 2.50. The van der Waals surface area contributed by atoms with E-state index >= 15 is 0 Å². The van der Waals surface area contributed by atoms with E-state index in [1.54, 1.807) is 6.20 Å². The minimum Gasteiger partial charge on any atom is -0.375 e. The Balaban J connectivity index is 0.00000208. The molecule has 132 valence electrons. The molecule has 2 heterocycles. The first-order valence-electron chi connectivity index (χ1n) is 7.13. The third-order valence-corrected chi connectivity index (χ3v) is 6.46. The smallest absolute Gasteiger partial charge is 0.243 e. The van der Waals surface area contributed by atoms with Gasteiger partial charge in [-0.15, -0.1) is 23.7 Å². The van der Waals surface area contributed by atoms with Gasteiger partial charge in [0.1, 0.15) is 5.82 Å². The van der Waals surface area contributed by atoms with Crippen LogP contribution < -0.4 is 5.73 Å². The van der Waals surface area contributed by atoms with E-state index in [4.69, 9.17) is 5.73 Å². The van der Waals surface area contributed by atoms with Crippen molar-refractivity contribution in [3.8, 4) is 0 Å². The number of halogens is 2. The second-order valence-corrected chi connectivity index (χ2v) is 8.38. The number of aromatic nitrogens is 1. The summed E-state index contributed by atoms with van der Waals surface area (Å²) < 4.78 is 39.4. The molecule has 1 fully saturated rings. The molecule has 0 unspecified atom stereocenters. The number of nitrogen functional groups attached to an aromatic ring is 1. The molecular formula is C14H18ClFN4O2S2. The summed E-state index contributed by atoms with van der Waals surface area (Å²) >= 11 is 1.44. The maximum atomic E-state index is 12.9. The molecule has 3 rings (SSSR count). The molecule has 6 nitrogen and oxygen atoms in total. The minimum absolute atomic E-state index is 0. The number of benzene rings is 1. The second-order valence-electron chi connectivity index (χ2n) is 5.30. The van der Waals surface area contributed by atoms with Crippen molar-refractivity contribution >= 4 is 38.9 Å². The number of hydrogen-bond donors (Lipinski definition) is 1. The first-order chi connectivity index (χ1) is 10.9. The van der Waals surface area contributed by atoms with Crippen molar-refractivity contribution in [2.45, 2.75) is 11.4 Å². The fourth-order valence-corrected chi connectivity index (χ4v) is 4.65. The average Bonchev–Trinajstić information content (AvgIpc) is 2.93. The molecule has 1 aromatic carbocycles. The summed E-state index contributed by atoms with van der Waals surface area (Å²) in [5.41, 5.74) is 5.61. The Labute approximate surface area is 150 Å². The van der Waals surface area contributed by atoms with Crippen molar-refractivity contribution in [1.82, 2.24) is 14.2 Å². The molecule has 0 radical (unpaired) electrons. The highest BCUT2D eigenvalue weighted by atomic mass is 35.5. The Morgan fingerprint density at radius 2 is 1.79 bits per heavy atom. The number of nitrogens with zero attached hydrogens (tertiary/aromatic N) is 3. The Hall–Kier alpha value is -1.26. The number of anilines is 1. The van der Waals surface area contributed by atoms with Gasteiger partial charge in [0, 0.05) is 43.8 Å². The largest absolute Gasteiger partial charge is 0.375 e. The SMILES string of the molecule is Cl.Nc1ncc(CN2CCN(S(=O)(=O)c3ccc(F)cc3)CC2)s1. The molecule has 24 heavy (non-hydrogen) atoms. The van der Waals surface area contributed by atoms with Crippen LogP contribution >= 0.6 is 23.7 Å². The third kappa shape index (κ3) is 4.22. The average molecular weight is 393 g/mol. The molecule has 0 amide bonds. The van der Waals surface area contributed by atoms with Crippen molar-refractivity contribution in [3.05, 3.63) is 41.2 Å². The van der Waals surface area contributed by atoms with Crippen LogP contribution in [0.2, 0.25) is 0 Å². The van der Waals surface area contributed by atoms with E-state index in [9.17, 15) is 12.8 Å². The van der Waals surface area contributed by atoms with Crippen LogP contribution in [0.15, 0.2) is 35.4 Å². The maximum Gasteiger partial charge on any atom is 0.243 e. The zero-order valence-corrected chi connectivity index (χ0v) is 15.2. The molecular weight excluding hydrogens is 375 g/mol. The van der Waals surface area contributed by atoms with Gasteiger partial charge in [-0.2, -0.15) is 4.31 Å². The predicted octanol–water partition coefficient (Wildman–Crippen LogP) is 1.79. The van der Waals surface area contributed by atoms with Crippen LogP contribution in [0.1, 0.15) is 4.88 Å². The molecule has 1 saturated heterocycles. The monoisotopic (exact) mass is 392 g/mol. The highest BCUT2D eigenvalue weighted by Gasteiger charge is 2.28. The van der Waals surface area contributed by atoms with Crippen LogP contribution in [-0.4, -0.2) is 48.8 Å². The van der Waals surface area contributed by atoms with Gasteiger partial charge in [0.2, 0.25) is 10.0 Å². The van der Waals surface area contributed by atoms with Gasteiger partial charge in [-0.1, -0.05) is 0 Å². The van der Waals surface area contributed by atoms with Gasteiger partial charge in [0.15, 0.2) is 5.13 Å². The number of sulfonamides is 1. The van der Waals surface area contributed by atoms with Crippen molar-refractivity contribution in [2.75, 3.05) is 31.9 Å². The topological polar surface area (TPSA) is 79.5 Å². The van der Waals surface area contributed by atoms with Crippen molar-refractivity contribution in [3.63, 3.8) is 0 Å². The maximum absolute atomic E-state index is 12.9. The summed E-state index contributed by atoms with van der Waals surface area (Å²) in [7, 11) is -3.56. The highest BCUT2D eigenvalue weighted by molar-refractivity contribution is 7.89. The van der Waals surface area contributed by atoms with Gasteiger partial charge in [-0.25, -0.2) is 17.8 Å². The van der Waals surface area contributed by atoms with E-state index in [-0.39, 0.29) is 17.3 Å². The van der Waals surface area contributed by atoms with E-state index in [1.807, 2.05) is 0 Å². The molecule has 0 spiro atoms. The summed E-state index contributed by atoms with van der Waals surface area (Å²) in [4.78, 5) is 7.38. The highest BCUT2D eigenvalue weighted by Crippen LogP contribution is 2.20. The minimum atomic E-state index is -3.56. The number of piperazine rings is 1. The molecule has 1 aliphatic heterocycles. The van der Waals surface area contributed by atoms with Crippen LogP contribution in [0.3, 0.4) is 0 Å². The van der Waals surface area contributed by atoms with E-state index in [0.717, 1.165) is 23.6 Å². The summed E-state index contributed by atoms with van der Waals surface area (Å²) in [6, 6.07) is 4.93. The van der Waals surface area contributed by atoms with Gasteiger partial charge in [-0.05, 0) is 24.3 Å². The zero-order valence-electron chi connectivity index (χ0n) is 12.8. The second kappa shape index (κ2) is 7.75. The van der Waals surface area contributed by atoms with Crippen LogP contribution in [0.5, 0.6) is 0 Å². The molecule has 10 heteroatoms. The Morgan fingerprint density at radius 1 is 1.17 bits per heavy atom. The standard InChI is InChI=1S/C14H17FN4O2S2.ClH/c15-11-1-3-13(4-2-11)23(20,21)19-7-5-18(6-8-19)10-12-9-17-14(16)22-12;/h1-4,9H,5-8,10H2,(H2,16,17);1H. The van der Waals surface area contributed by atoms with Crippen molar-refractivity contribution in [2.24, 2.45) is 0 Å². The Kier molecular flexibility index (Phi) is 6.16. The summed E-state index contributed by atoms with van der Waals surface area (Å²) in [6.07, 6.45) is 1.75. The van der Waals surface area contributed by atoms with Gasteiger partial charge < -0.3 is 5.73 Å². The van der Waals surface area contributed by atoms with Gasteiger partial charge in [0.05, 0.1) is 4.90 Å². The normalized spacial score (nSPS) is 16.7. The van der Waals surface area contributed by atoms with Gasteiger partial charge in [-0.3, -0.25) is 4.90 Å². The number of thiazole rings is 1. The predicted molar refractivity (Wildman–Crippen MR) is 94.2 cm³/mol. The van der Waals surface area contributed by atoms with E-state index in [1.165, 1.54) is 27.8 Å². The number of hydrogen-bond acceptors (Lipinski definition) is 6. The van der Waals surface area contributed by atoms with E-state index in [0.29, 0.717) is 31.3 Å². The quantitative estimate of drug-likeness (QED) is 0.858. The van der Waals surface area contributed by atoms with E-state index in [2.05, 4.69) is 9.88 Å². The first kappa shape index (κ1) is 19.1. The molecule has 1 aromatic heterocycles. The molecule has 1 aliphatic rings. The van der Waals surface area contributed by atoms with Crippen molar-refractivity contribution < 1.29 is 12.8 Å². The van der Waals surface area contributed by atoms with Gasteiger partial charge in [0.25, 0.3) is 0 Å². The summed E-state index contributed by atoms with van der Waals surface area (Å²) in [5, 5.41) is 0.539. The van der Waals surface area contributed by atoms with E-state index < -0.39 is 15.8 Å². The molecule has 0 atom stereocenters. The zero-order chi connectivity index (χ0) is 16.4. The number of rotatable bonds is 4. The Morgan fingerprint density at radius 3 is 2.33 bits per heavy atom. The van der Waals surface area contributed by atoms with Gasteiger partial charge >= 0.3 is 0 Å². The molecule has 0 saturated carbocycles. The van der Waals surface area contributed by atoms with Crippen LogP contribution in [0.4, 0.5) is 9.52 Å². The fraction of sp³-hybridized carbons (Fsp3) is 0.357. The summed E-state index contributed by atoms with van der Waals surface area (Å²) in [5.74, 6) is -0.447. The lowest BCUT2D eigenvalue weighted by atomic mass is 10.3. The lowest BCUT2D eigenvalue weighted by Crippen LogP contribution is -2.48. The van der Waals surface area contributed by atoms with Crippen LogP contribution in [-0.2, 0) is 16.6 Å². The van der Waals surface area contributed by atoms with Crippen LogP contribution in [0, 0.1) is 5.82 Å². The molecule has 0 aliphatic carbocycles. The summed E-state index contributed by atoms with van der Waals surface area (Å²) in [6.45, 7) is 2.82.